The fraction of sp³-hybridized carbons (Fsp3) is 0.286. The van der Waals surface area contributed by atoms with Crippen LogP contribution < -0.4 is 5.56 Å². The third-order valence-corrected chi connectivity index (χ3v) is 7.18. The number of para-hydroxylation sites is 1. The molecule has 0 aliphatic carbocycles. The summed E-state index contributed by atoms with van der Waals surface area (Å²) in [6.45, 7) is 4.52. The van der Waals surface area contributed by atoms with Gasteiger partial charge in [-0.25, -0.2) is 8.42 Å². The summed E-state index contributed by atoms with van der Waals surface area (Å²) >= 11 is 0. The van der Waals surface area contributed by atoms with Crippen LogP contribution in [0.25, 0.3) is 10.9 Å². The van der Waals surface area contributed by atoms with Crippen LogP contribution in [0.2, 0.25) is 0 Å². The monoisotopic (exact) mass is 397 g/mol. The van der Waals surface area contributed by atoms with E-state index in [9.17, 15) is 13.2 Å². The van der Waals surface area contributed by atoms with Gasteiger partial charge in [-0.2, -0.15) is 4.31 Å². The molecule has 0 saturated carbocycles. The number of fused-ring (bicyclic) bond motifs is 1. The SMILES string of the molecule is Cc1cccc2cc(CN3CCN(S(=O)(=O)c4ccccc4)CC3)c(=O)[nH]c12. The average molecular weight is 398 g/mol. The Labute approximate surface area is 164 Å². The zero-order valence-electron chi connectivity index (χ0n) is 15.8. The predicted molar refractivity (Wildman–Crippen MR) is 110 cm³/mol. The van der Waals surface area contributed by atoms with Crippen LogP contribution in [-0.4, -0.2) is 48.8 Å². The topological polar surface area (TPSA) is 73.5 Å². The number of benzene rings is 2. The Hall–Kier alpha value is -2.48. The van der Waals surface area contributed by atoms with Gasteiger partial charge in [-0.05, 0) is 36.1 Å². The number of nitrogens with one attached hydrogen (secondary N) is 1. The average Bonchev–Trinajstić information content (AvgIpc) is 2.70. The first-order valence-electron chi connectivity index (χ1n) is 9.34. The largest absolute Gasteiger partial charge is 0.321 e. The lowest BCUT2D eigenvalue weighted by molar-refractivity contribution is 0.181. The number of nitrogens with zero attached hydrogens (tertiary/aromatic N) is 2. The summed E-state index contributed by atoms with van der Waals surface area (Å²) in [6, 6.07) is 16.4. The van der Waals surface area contributed by atoms with E-state index in [-0.39, 0.29) is 5.56 Å². The number of aromatic amines is 1. The fourth-order valence-corrected chi connectivity index (χ4v) is 5.10. The molecule has 1 saturated heterocycles. The van der Waals surface area contributed by atoms with Gasteiger partial charge in [-0.1, -0.05) is 36.4 Å². The highest BCUT2D eigenvalue weighted by Crippen LogP contribution is 2.19. The van der Waals surface area contributed by atoms with Crippen molar-refractivity contribution in [2.24, 2.45) is 0 Å². The number of H-pyrrole nitrogens is 1. The van der Waals surface area contributed by atoms with Gasteiger partial charge in [-0.15, -0.1) is 0 Å². The molecule has 1 aromatic heterocycles. The highest BCUT2D eigenvalue weighted by atomic mass is 32.2. The third kappa shape index (κ3) is 3.61. The first kappa shape index (κ1) is 18.9. The number of rotatable bonds is 4. The van der Waals surface area contributed by atoms with Crippen LogP contribution in [-0.2, 0) is 16.6 Å². The molecule has 0 unspecified atom stereocenters. The molecule has 0 atom stereocenters. The highest BCUT2D eigenvalue weighted by Gasteiger charge is 2.28. The van der Waals surface area contributed by atoms with Crippen molar-refractivity contribution < 1.29 is 8.42 Å². The summed E-state index contributed by atoms with van der Waals surface area (Å²) in [5.41, 5.74) is 2.54. The molecule has 28 heavy (non-hydrogen) atoms. The van der Waals surface area contributed by atoms with E-state index >= 15 is 0 Å². The number of hydrogen-bond donors (Lipinski definition) is 1. The number of hydrogen-bond acceptors (Lipinski definition) is 4. The summed E-state index contributed by atoms with van der Waals surface area (Å²) < 4.78 is 27.0. The number of aryl methyl sites for hydroxylation is 1. The predicted octanol–water partition coefficient (Wildman–Crippen LogP) is 2.34. The van der Waals surface area contributed by atoms with Gasteiger partial charge < -0.3 is 4.98 Å². The molecule has 6 nitrogen and oxygen atoms in total. The zero-order chi connectivity index (χ0) is 19.7. The number of piperazine rings is 1. The fourth-order valence-electron chi connectivity index (χ4n) is 3.66. The Kier molecular flexibility index (Phi) is 5.05. The summed E-state index contributed by atoms with van der Waals surface area (Å²) in [5.74, 6) is 0. The van der Waals surface area contributed by atoms with E-state index in [1.165, 1.54) is 4.31 Å². The van der Waals surface area contributed by atoms with Gasteiger partial charge >= 0.3 is 0 Å². The van der Waals surface area contributed by atoms with E-state index < -0.39 is 10.0 Å². The molecule has 0 spiro atoms. The van der Waals surface area contributed by atoms with Crippen LogP contribution in [0, 0.1) is 6.92 Å². The Morgan fingerprint density at radius 2 is 1.68 bits per heavy atom. The van der Waals surface area contributed by atoms with Crippen molar-refractivity contribution in [3.8, 4) is 0 Å². The standard InChI is InChI=1S/C21H23N3O3S/c1-16-6-5-7-17-14-18(21(25)22-20(16)17)15-23-10-12-24(13-11-23)28(26,27)19-8-3-2-4-9-19/h2-9,14H,10-13,15H2,1H3,(H,22,25). The molecule has 1 N–H and O–H groups in total. The first-order chi connectivity index (χ1) is 13.4. The van der Waals surface area contributed by atoms with Gasteiger partial charge in [0.15, 0.2) is 0 Å². The molecular weight excluding hydrogens is 374 g/mol. The van der Waals surface area contributed by atoms with Crippen LogP contribution in [0.1, 0.15) is 11.1 Å². The minimum absolute atomic E-state index is 0.0823. The van der Waals surface area contributed by atoms with Crippen molar-refractivity contribution in [1.29, 1.82) is 0 Å². The molecular formula is C21H23N3O3S. The molecule has 146 valence electrons. The molecule has 3 aromatic rings. The molecule has 2 aromatic carbocycles. The second-order valence-corrected chi connectivity index (χ2v) is 9.09. The van der Waals surface area contributed by atoms with Gasteiger partial charge in [-0.3, -0.25) is 9.69 Å². The van der Waals surface area contributed by atoms with Gasteiger partial charge in [0.2, 0.25) is 10.0 Å². The number of sulfonamides is 1. The molecule has 7 heteroatoms. The second kappa shape index (κ2) is 7.50. The van der Waals surface area contributed by atoms with Gasteiger partial charge in [0.05, 0.1) is 10.4 Å². The molecule has 0 amide bonds. The van der Waals surface area contributed by atoms with Gasteiger partial charge in [0.25, 0.3) is 5.56 Å². The van der Waals surface area contributed by atoms with E-state index in [4.69, 9.17) is 0 Å². The third-order valence-electron chi connectivity index (χ3n) is 5.27. The minimum Gasteiger partial charge on any atom is -0.321 e. The van der Waals surface area contributed by atoms with Crippen molar-refractivity contribution in [3.05, 3.63) is 76.1 Å². The normalized spacial score (nSPS) is 16.5. The van der Waals surface area contributed by atoms with Gasteiger partial charge in [0, 0.05) is 38.3 Å². The molecule has 1 aliphatic heterocycles. The van der Waals surface area contributed by atoms with Crippen LogP contribution in [0.5, 0.6) is 0 Å². The summed E-state index contributed by atoms with van der Waals surface area (Å²) in [5, 5.41) is 1.01. The van der Waals surface area contributed by atoms with Crippen molar-refractivity contribution >= 4 is 20.9 Å². The van der Waals surface area contributed by atoms with Crippen LogP contribution >= 0.6 is 0 Å². The summed E-state index contributed by atoms with van der Waals surface area (Å²) in [4.78, 5) is 17.9. The molecule has 1 fully saturated rings. The molecule has 0 radical (unpaired) electrons. The second-order valence-electron chi connectivity index (χ2n) is 7.16. The Balaban J connectivity index is 1.47. The smallest absolute Gasteiger partial charge is 0.252 e. The van der Waals surface area contributed by atoms with Crippen molar-refractivity contribution in [2.75, 3.05) is 26.2 Å². The maximum atomic E-state index is 12.7. The van der Waals surface area contributed by atoms with Crippen molar-refractivity contribution in [3.63, 3.8) is 0 Å². The minimum atomic E-state index is -3.46. The quantitative estimate of drug-likeness (QED) is 0.733. The maximum Gasteiger partial charge on any atom is 0.252 e. The van der Waals surface area contributed by atoms with Crippen molar-refractivity contribution in [1.82, 2.24) is 14.2 Å². The Bertz CT molecular complexity index is 1150. The summed E-state index contributed by atoms with van der Waals surface area (Å²) in [6.07, 6.45) is 0. The van der Waals surface area contributed by atoms with Crippen LogP contribution in [0.15, 0.2) is 64.3 Å². The van der Waals surface area contributed by atoms with Gasteiger partial charge in [0.1, 0.15) is 0 Å². The lowest BCUT2D eigenvalue weighted by Crippen LogP contribution is -2.48. The van der Waals surface area contributed by atoms with Crippen molar-refractivity contribution in [2.45, 2.75) is 18.4 Å². The summed E-state index contributed by atoms with van der Waals surface area (Å²) in [7, 11) is -3.46. The van der Waals surface area contributed by atoms with E-state index in [0.717, 1.165) is 16.5 Å². The molecule has 0 bridgehead atoms. The van der Waals surface area contributed by atoms with E-state index in [0.29, 0.717) is 43.2 Å². The van der Waals surface area contributed by atoms with E-state index in [1.807, 2.05) is 31.2 Å². The maximum absolute atomic E-state index is 12.7. The van der Waals surface area contributed by atoms with E-state index in [1.54, 1.807) is 30.3 Å². The molecule has 1 aliphatic rings. The molecule has 4 rings (SSSR count). The Morgan fingerprint density at radius 1 is 0.964 bits per heavy atom. The lowest BCUT2D eigenvalue weighted by atomic mass is 10.1. The van der Waals surface area contributed by atoms with E-state index in [2.05, 4.69) is 9.88 Å². The lowest BCUT2D eigenvalue weighted by Gasteiger charge is -2.33. The molecule has 2 heterocycles. The Morgan fingerprint density at radius 3 is 2.39 bits per heavy atom. The van der Waals surface area contributed by atoms with Crippen LogP contribution in [0.4, 0.5) is 0 Å². The van der Waals surface area contributed by atoms with Crippen LogP contribution in [0.3, 0.4) is 0 Å². The highest BCUT2D eigenvalue weighted by molar-refractivity contribution is 7.89. The zero-order valence-corrected chi connectivity index (χ0v) is 16.6. The number of aromatic nitrogens is 1. The number of pyridine rings is 1. The first-order valence-corrected chi connectivity index (χ1v) is 10.8.